The van der Waals surface area contributed by atoms with Gasteiger partial charge in [-0.2, -0.15) is 5.10 Å². The Hall–Kier alpha value is 0.120. The number of hydrogen-bond acceptors (Lipinski definition) is 3. The van der Waals surface area contributed by atoms with Crippen LogP contribution in [-0.2, 0) is 16.4 Å². The number of aromatic nitrogens is 2. The van der Waals surface area contributed by atoms with E-state index >= 15 is 0 Å². The zero-order chi connectivity index (χ0) is 11.5. The van der Waals surface area contributed by atoms with Crippen molar-refractivity contribution in [1.29, 1.82) is 0 Å². The van der Waals surface area contributed by atoms with Crippen molar-refractivity contribution in [3.05, 3.63) is 15.3 Å². The Balaban J connectivity index is 2.48. The van der Waals surface area contributed by atoms with E-state index in [1.165, 1.54) is 0 Å². The van der Waals surface area contributed by atoms with E-state index in [0.29, 0.717) is 13.0 Å². The Kier molecular flexibility index (Phi) is 4.79. The summed E-state index contributed by atoms with van der Waals surface area (Å²) in [6.07, 6.45) is 0.586. The first-order valence-electron chi connectivity index (χ1n) is 4.54. The second-order valence-electron chi connectivity index (χ2n) is 3.10. The lowest BCUT2D eigenvalue weighted by molar-refractivity contribution is 0.567. The number of hydrogen-bond donors (Lipinski definition) is 0. The number of rotatable bonds is 5. The van der Waals surface area contributed by atoms with Gasteiger partial charge in [0.1, 0.15) is 19.0 Å². The Morgan fingerprint density at radius 3 is 2.60 bits per heavy atom. The zero-order valence-electron chi connectivity index (χ0n) is 8.28. The molecule has 0 atom stereocenters. The van der Waals surface area contributed by atoms with Gasteiger partial charge in [0, 0.05) is 18.4 Å². The molecule has 1 rings (SSSR count). The van der Waals surface area contributed by atoms with Crippen molar-refractivity contribution in [2.75, 3.05) is 11.5 Å². The molecule has 0 N–H and O–H groups in total. The summed E-state index contributed by atoms with van der Waals surface area (Å²) in [5, 5.41) is 4.15. The SMILES string of the molecule is CCS(=O)(=O)CCCn1nc(Br)cc1Br. The van der Waals surface area contributed by atoms with E-state index < -0.39 is 9.84 Å². The van der Waals surface area contributed by atoms with Gasteiger partial charge < -0.3 is 0 Å². The second-order valence-corrected chi connectivity index (χ2v) is 7.20. The molecule has 0 saturated carbocycles. The summed E-state index contributed by atoms with van der Waals surface area (Å²) in [5.41, 5.74) is 0. The molecule has 0 aliphatic heterocycles. The third kappa shape index (κ3) is 4.24. The fourth-order valence-corrected chi connectivity index (χ4v) is 3.15. The van der Waals surface area contributed by atoms with Crippen molar-refractivity contribution in [3.8, 4) is 0 Å². The molecule has 0 aliphatic carbocycles. The van der Waals surface area contributed by atoms with Gasteiger partial charge in [-0.15, -0.1) is 0 Å². The Morgan fingerprint density at radius 2 is 2.13 bits per heavy atom. The Labute approximate surface area is 106 Å². The first kappa shape index (κ1) is 13.2. The quantitative estimate of drug-likeness (QED) is 0.810. The predicted molar refractivity (Wildman–Crippen MR) is 66.6 cm³/mol. The van der Waals surface area contributed by atoms with Crippen LogP contribution < -0.4 is 0 Å². The summed E-state index contributed by atoms with van der Waals surface area (Å²) in [4.78, 5) is 0. The van der Waals surface area contributed by atoms with Crippen LogP contribution in [0.1, 0.15) is 13.3 Å². The molecule has 1 aromatic rings. The van der Waals surface area contributed by atoms with Gasteiger partial charge in [-0.3, -0.25) is 4.68 Å². The monoisotopic (exact) mass is 358 g/mol. The highest BCUT2D eigenvalue weighted by Crippen LogP contribution is 2.16. The van der Waals surface area contributed by atoms with E-state index in [-0.39, 0.29) is 11.5 Å². The summed E-state index contributed by atoms with van der Waals surface area (Å²) in [7, 11) is -2.86. The standard InChI is InChI=1S/C8H12Br2N2O2S/c1-2-15(13,14)5-3-4-12-8(10)6-7(9)11-12/h6H,2-5H2,1H3. The van der Waals surface area contributed by atoms with E-state index in [1.54, 1.807) is 11.6 Å². The van der Waals surface area contributed by atoms with Crippen molar-refractivity contribution in [2.24, 2.45) is 0 Å². The predicted octanol–water partition coefficient (Wildman–Crippen LogP) is 2.23. The molecule has 1 heterocycles. The minimum absolute atomic E-state index is 0.205. The van der Waals surface area contributed by atoms with Crippen molar-refractivity contribution < 1.29 is 8.42 Å². The van der Waals surface area contributed by atoms with Gasteiger partial charge in [0.25, 0.3) is 0 Å². The van der Waals surface area contributed by atoms with Gasteiger partial charge >= 0.3 is 0 Å². The van der Waals surface area contributed by atoms with Crippen LogP contribution in [0.3, 0.4) is 0 Å². The van der Waals surface area contributed by atoms with E-state index in [1.807, 2.05) is 6.07 Å². The summed E-state index contributed by atoms with van der Waals surface area (Å²) in [6.45, 7) is 2.27. The molecule has 0 fully saturated rings. The first-order valence-corrected chi connectivity index (χ1v) is 7.94. The van der Waals surface area contributed by atoms with Crippen molar-refractivity contribution >= 4 is 41.7 Å². The molecule has 4 nitrogen and oxygen atoms in total. The molecule has 0 radical (unpaired) electrons. The van der Waals surface area contributed by atoms with Crippen molar-refractivity contribution in [3.63, 3.8) is 0 Å². The van der Waals surface area contributed by atoms with E-state index in [2.05, 4.69) is 37.0 Å². The topological polar surface area (TPSA) is 52.0 Å². The maximum atomic E-state index is 11.2. The molecule has 0 bridgehead atoms. The average molecular weight is 360 g/mol. The fraction of sp³-hybridized carbons (Fsp3) is 0.625. The lowest BCUT2D eigenvalue weighted by atomic mass is 10.5. The summed E-state index contributed by atoms with van der Waals surface area (Å²) < 4.78 is 25.8. The van der Waals surface area contributed by atoms with Crippen LogP contribution in [-0.4, -0.2) is 29.7 Å². The van der Waals surface area contributed by atoms with Crippen LogP contribution in [0, 0.1) is 0 Å². The largest absolute Gasteiger partial charge is 0.257 e. The molecule has 0 aromatic carbocycles. The second kappa shape index (κ2) is 5.45. The van der Waals surface area contributed by atoms with Crippen LogP contribution in [0.5, 0.6) is 0 Å². The van der Waals surface area contributed by atoms with Crippen molar-refractivity contribution in [1.82, 2.24) is 9.78 Å². The normalized spacial score (nSPS) is 11.9. The summed E-state index contributed by atoms with van der Waals surface area (Å²) in [6, 6.07) is 1.83. The van der Waals surface area contributed by atoms with Gasteiger partial charge in [-0.25, -0.2) is 8.42 Å². The van der Waals surface area contributed by atoms with E-state index in [9.17, 15) is 8.42 Å². The highest BCUT2D eigenvalue weighted by molar-refractivity contribution is 9.11. The molecular formula is C8H12Br2N2O2S. The van der Waals surface area contributed by atoms with Crippen LogP contribution in [0.25, 0.3) is 0 Å². The zero-order valence-corrected chi connectivity index (χ0v) is 12.3. The van der Waals surface area contributed by atoms with Gasteiger partial charge in [0.05, 0.1) is 5.75 Å². The minimum atomic E-state index is -2.86. The molecule has 0 saturated heterocycles. The van der Waals surface area contributed by atoms with E-state index in [4.69, 9.17) is 0 Å². The molecule has 1 aromatic heterocycles. The van der Waals surface area contributed by atoms with Gasteiger partial charge in [-0.1, -0.05) is 6.92 Å². The average Bonchev–Trinajstić information content (AvgIpc) is 2.45. The highest BCUT2D eigenvalue weighted by Gasteiger charge is 2.08. The highest BCUT2D eigenvalue weighted by atomic mass is 79.9. The number of halogens is 2. The molecule has 0 unspecified atom stereocenters. The smallest absolute Gasteiger partial charge is 0.150 e. The molecule has 15 heavy (non-hydrogen) atoms. The lowest BCUT2D eigenvalue weighted by Crippen LogP contribution is -2.11. The van der Waals surface area contributed by atoms with Crippen molar-refractivity contribution in [2.45, 2.75) is 19.9 Å². The lowest BCUT2D eigenvalue weighted by Gasteiger charge is -2.03. The maximum absolute atomic E-state index is 11.2. The van der Waals surface area contributed by atoms with Crippen LogP contribution in [0.4, 0.5) is 0 Å². The molecule has 86 valence electrons. The number of sulfone groups is 1. The van der Waals surface area contributed by atoms with Crippen LogP contribution in [0.2, 0.25) is 0 Å². The molecule has 0 amide bonds. The number of aryl methyl sites for hydroxylation is 1. The molecule has 0 aliphatic rings. The minimum Gasteiger partial charge on any atom is -0.257 e. The summed E-state index contributed by atoms with van der Waals surface area (Å²) in [5.74, 6) is 0.421. The van der Waals surface area contributed by atoms with Gasteiger partial charge in [0.15, 0.2) is 0 Å². The van der Waals surface area contributed by atoms with E-state index in [0.717, 1.165) is 9.21 Å². The van der Waals surface area contributed by atoms with Crippen LogP contribution >= 0.6 is 31.9 Å². The molecule has 7 heteroatoms. The Morgan fingerprint density at radius 1 is 1.47 bits per heavy atom. The fourth-order valence-electron chi connectivity index (χ4n) is 1.10. The Bertz CT molecular complexity index is 428. The van der Waals surface area contributed by atoms with Crippen LogP contribution in [0.15, 0.2) is 15.3 Å². The van der Waals surface area contributed by atoms with Gasteiger partial charge in [0.2, 0.25) is 0 Å². The molecular weight excluding hydrogens is 348 g/mol. The first-order chi connectivity index (χ1) is 6.94. The summed E-state index contributed by atoms with van der Waals surface area (Å²) >= 11 is 6.58. The molecule has 0 spiro atoms. The number of nitrogens with zero attached hydrogens (tertiary/aromatic N) is 2. The third-order valence-corrected chi connectivity index (χ3v) is 4.78. The maximum Gasteiger partial charge on any atom is 0.150 e. The third-order valence-electron chi connectivity index (χ3n) is 1.97. The van der Waals surface area contributed by atoms with Gasteiger partial charge in [-0.05, 0) is 38.3 Å².